The van der Waals surface area contributed by atoms with Crippen LogP contribution in [0.25, 0.3) is 0 Å². The molecule has 0 atom stereocenters. The van der Waals surface area contributed by atoms with Gasteiger partial charge in [-0.3, -0.25) is 4.90 Å². The number of methoxy groups -OCH3 is 1. The molecule has 1 aromatic rings. The van der Waals surface area contributed by atoms with Crippen LogP contribution < -0.4 is 15.4 Å². The summed E-state index contributed by atoms with van der Waals surface area (Å²) in [5, 5.41) is 6.92. The third-order valence-electron chi connectivity index (χ3n) is 2.47. The first-order chi connectivity index (χ1) is 7.78. The van der Waals surface area contributed by atoms with Gasteiger partial charge >= 0.3 is 0 Å². The summed E-state index contributed by atoms with van der Waals surface area (Å²) in [6.07, 6.45) is 0. The van der Waals surface area contributed by atoms with Gasteiger partial charge in [0.1, 0.15) is 5.75 Å². The molecular weight excluding hydrogens is 222 g/mol. The van der Waals surface area contributed by atoms with Gasteiger partial charge in [0.25, 0.3) is 0 Å². The lowest BCUT2D eigenvalue weighted by molar-refractivity contribution is 0.236. The van der Waals surface area contributed by atoms with Crippen LogP contribution in [0.15, 0.2) is 24.3 Å². The molecule has 0 bridgehead atoms. The molecule has 0 unspecified atom stereocenters. The van der Waals surface area contributed by atoms with Crippen LogP contribution in [-0.4, -0.2) is 30.5 Å². The second kappa shape index (κ2) is 5.14. The molecule has 2 rings (SSSR count). The van der Waals surface area contributed by atoms with Crippen LogP contribution in [0.4, 0.5) is 0 Å². The monoisotopic (exact) mass is 237 g/mol. The van der Waals surface area contributed by atoms with Crippen molar-refractivity contribution in [2.24, 2.45) is 0 Å². The highest BCUT2D eigenvalue weighted by molar-refractivity contribution is 7.80. The Bertz CT molecular complexity index is 373. The highest BCUT2D eigenvalue weighted by Crippen LogP contribution is 2.14. The lowest BCUT2D eigenvalue weighted by Crippen LogP contribution is -2.53. The molecule has 0 saturated carbocycles. The molecule has 86 valence electrons. The lowest BCUT2D eigenvalue weighted by Gasteiger charge is -2.29. The number of rotatable bonds is 3. The Morgan fingerprint density at radius 2 is 2.12 bits per heavy atom. The zero-order chi connectivity index (χ0) is 11.4. The number of thiocarbonyl (C=S) groups is 1. The first kappa shape index (κ1) is 11.2. The van der Waals surface area contributed by atoms with E-state index in [1.807, 2.05) is 18.2 Å². The van der Waals surface area contributed by atoms with Crippen LogP contribution in [0.3, 0.4) is 0 Å². The van der Waals surface area contributed by atoms with Crippen molar-refractivity contribution >= 4 is 17.3 Å². The van der Waals surface area contributed by atoms with Gasteiger partial charge in [-0.2, -0.15) is 0 Å². The SMILES string of the molecule is COc1cccc(CN2CNC(=S)NC2)c1. The van der Waals surface area contributed by atoms with E-state index in [0.29, 0.717) is 0 Å². The van der Waals surface area contributed by atoms with Gasteiger partial charge < -0.3 is 15.4 Å². The van der Waals surface area contributed by atoms with Gasteiger partial charge in [-0.25, -0.2) is 0 Å². The number of nitrogens with zero attached hydrogens (tertiary/aromatic N) is 1. The van der Waals surface area contributed by atoms with E-state index in [9.17, 15) is 0 Å². The summed E-state index contributed by atoms with van der Waals surface area (Å²) in [5.41, 5.74) is 1.23. The lowest BCUT2D eigenvalue weighted by atomic mass is 10.2. The summed E-state index contributed by atoms with van der Waals surface area (Å²) in [7, 11) is 1.68. The third kappa shape index (κ3) is 2.84. The zero-order valence-corrected chi connectivity index (χ0v) is 10.0. The van der Waals surface area contributed by atoms with Gasteiger partial charge in [0, 0.05) is 6.54 Å². The average molecular weight is 237 g/mol. The first-order valence-corrected chi connectivity index (χ1v) is 5.56. The highest BCUT2D eigenvalue weighted by Gasteiger charge is 2.11. The van der Waals surface area contributed by atoms with Crippen molar-refractivity contribution in [3.05, 3.63) is 29.8 Å². The Morgan fingerprint density at radius 1 is 1.38 bits per heavy atom. The molecule has 0 radical (unpaired) electrons. The summed E-state index contributed by atoms with van der Waals surface area (Å²) in [5.74, 6) is 0.894. The van der Waals surface area contributed by atoms with Crippen molar-refractivity contribution in [2.75, 3.05) is 20.4 Å². The van der Waals surface area contributed by atoms with E-state index in [2.05, 4.69) is 21.6 Å². The topological polar surface area (TPSA) is 36.5 Å². The van der Waals surface area contributed by atoms with Gasteiger partial charge in [0.05, 0.1) is 20.4 Å². The molecule has 1 saturated heterocycles. The smallest absolute Gasteiger partial charge is 0.168 e. The second-order valence-electron chi connectivity index (χ2n) is 3.68. The van der Waals surface area contributed by atoms with E-state index in [4.69, 9.17) is 17.0 Å². The number of hydrogen-bond acceptors (Lipinski definition) is 3. The molecule has 2 N–H and O–H groups in total. The second-order valence-corrected chi connectivity index (χ2v) is 4.09. The minimum Gasteiger partial charge on any atom is -0.497 e. The van der Waals surface area contributed by atoms with E-state index < -0.39 is 0 Å². The molecule has 1 heterocycles. The molecule has 1 aromatic carbocycles. The molecule has 5 heteroatoms. The van der Waals surface area contributed by atoms with E-state index in [1.54, 1.807) is 7.11 Å². The van der Waals surface area contributed by atoms with Crippen molar-refractivity contribution in [1.82, 2.24) is 15.5 Å². The number of hydrogen-bond donors (Lipinski definition) is 2. The number of nitrogens with one attached hydrogen (secondary N) is 2. The van der Waals surface area contributed by atoms with E-state index >= 15 is 0 Å². The Hall–Kier alpha value is -1.33. The fourth-order valence-corrected chi connectivity index (χ4v) is 1.76. The fraction of sp³-hybridized carbons (Fsp3) is 0.364. The summed E-state index contributed by atoms with van der Waals surface area (Å²) in [6, 6.07) is 8.09. The van der Waals surface area contributed by atoms with Crippen molar-refractivity contribution < 1.29 is 4.74 Å². The van der Waals surface area contributed by atoms with Crippen LogP contribution in [0.5, 0.6) is 5.75 Å². The molecule has 0 spiro atoms. The maximum absolute atomic E-state index is 5.19. The molecule has 1 aliphatic rings. The zero-order valence-electron chi connectivity index (χ0n) is 9.19. The normalized spacial score (nSPS) is 16.4. The molecule has 4 nitrogen and oxygen atoms in total. The van der Waals surface area contributed by atoms with Gasteiger partial charge in [-0.05, 0) is 29.9 Å². The van der Waals surface area contributed by atoms with Crippen LogP contribution in [-0.2, 0) is 6.54 Å². The summed E-state index contributed by atoms with van der Waals surface area (Å²) in [4.78, 5) is 2.23. The van der Waals surface area contributed by atoms with Gasteiger partial charge in [0.15, 0.2) is 5.11 Å². The summed E-state index contributed by atoms with van der Waals surface area (Å²) < 4.78 is 5.19. The fourth-order valence-electron chi connectivity index (χ4n) is 1.63. The predicted molar refractivity (Wildman–Crippen MR) is 67.1 cm³/mol. The highest BCUT2D eigenvalue weighted by atomic mass is 32.1. The molecule has 16 heavy (non-hydrogen) atoms. The Balaban J connectivity index is 1.95. The largest absolute Gasteiger partial charge is 0.497 e. The van der Waals surface area contributed by atoms with Crippen LogP contribution >= 0.6 is 12.2 Å². The maximum atomic E-state index is 5.19. The van der Waals surface area contributed by atoms with Crippen molar-refractivity contribution in [1.29, 1.82) is 0 Å². The van der Waals surface area contributed by atoms with E-state index in [0.717, 1.165) is 30.7 Å². The van der Waals surface area contributed by atoms with Crippen molar-refractivity contribution in [3.63, 3.8) is 0 Å². The van der Waals surface area contributed by atoms with Crippen LogP contribution in [0.2, 0.25) is 0 Å². The number of ether oxygens (including phenoxy) is 1. The molecule has 0 aromatic heterocycles. The van der Waals surface area contributed by atoms with E-state index in [1.165, 1.54) is 5.56 Å². The average Bonchev–Trinajstić information content (AvgIpc) is 2.32. The standard InChI is InChI=1S/C11H15N3OS/c1-15-10-4-2-3-9(5-10)6-14-7-12-11(16)13-8-14/h2-5H,6-8H2,1H3,(H2,12,13,16). The Labute approximate surface area is 101 Å². The maximum Gasteiger partial charge on any atom is 0.168 e. The van der Waals surface area contributed by atoms with Crippen molar-refractivity contribution in [2.45, 2.75) is 6.54 Å². The summed E-state index contributed by atoms with van der Waals surface area (Å²) >= 11 is 4.99. The minimum absolute atomic E-state index is 0.724. The molecule has 1 aliphatic heterocycles. The van der Waals surface area contributed by atoms with Gasteiger partial charge in [0.2, 0.25) is 0 Å². The molecular formula is C11H15N3OS. The Morgan fingerprint density at radius 3 is 2.81 bits per heavy atom. The minimum atomic E-state index is 0.724. The van der Waals surface area contributed by atoms with Gasteiger partial charge in [-0.1, -0.05) is 12.1 Å². The Kier molecular flexibility index (Phi) is 3.58. The van der Waals surface area contributed by atoms with Crippen LogP contribution in [0, 0.1) is 0 Å². The van der Waals surface area contributed by atoms with Gasteiger partial charge in [-0.15, -0.1) is 0 Å². The molecule has 0 aliphatic carbocycles. The van der Waals surface area contributed by atoms with E-state index in [-0.39, 0.29) is 0 Å². The number of benzene rings is 1. The molecule has 0 amide bonds. The quantitative estimate of drug-likeness (QED) is 0.764. The van der Waals surface area contributed by atoms with Crippen LogP contribution in [0.1, 0.15) is 5.56 Å². The third-order valence-corrected chi connectivity index (χ3v) is 2.76. The summed E-state index contributed by atoms with van der Waals surface area (Å²) in [6.45, 7) is 2.44. The predicted octanol–water partition coefficient (Wildman–Crippen LogP) is 0.890. The van der Waals surface area contributed by atoms with Crippen molar-refractivity contribution in [3.8, 4) is 5.75 Å². The first-order valence-electron chi connectivity index (χ1n) is 5.15. The molecule has 1 fully saturated rings.